The minimum atomic E-state index is -3.62. The Kier molecular flexibility index (Phi) is 3.10. The summed E-state index contributed by atoms with van der Waals surface area (Å²) in [6.07, 6.45) is 1.53. The highest BCUT2D eigenvalue weighted by molar-refractivity contribution is 7.95. The zero-order valence-electron chi connectivity index (χ0n) is 10.9. The van der Waals surface area contributed by atoms with Crippen molar-refractivity contribution in [3.8, 4) is 17.2 Å². The predicted molar refractivity (Wildman–Crippen MR) is 76.9 cm³/mol. The van der Waals surface area contributed by atoms with E-state index in [2.05, 4.69) is 0 Å². The number of phenolic OH excluding ortho intramolecular Hbond substituents is 2. The standard InChI is InChI=1S/C15H12O5S/c16-11-3-5-13(6-4-11)20-9-14-7-10-1-2-12(17)8-15(10)21(14,18)19/h1-8,16-17H,9H2. The van der Waals surface area contributed by atoms with E-state index in [4.69, 9.17) is 4.74 Å². The van der Waals surface area contributed by atoms with Gasteiger partial charge in [-0.1, -0.05) is 0 Å². The molecule has 108 valence electrons. The lowest BCUT2D eigenvalue weighted by Crippen LogP contribution is -2.08. The Hall–Kier alpha value is -2.47. The third kappa shape index (κ3) is 2.45. The smallest absolute Gasteiger partial charge is 0.206 e. The highest BCUT2D eigenvalue weighted by Crippen LogP contribution is 2.35. The first kappa shape index (κ1) is 13.5. The first-order valence-electron chi connectivity index (χ1n) is 6.17. The molecule has 2 aromatic rings. The van der Waals surface area contributed by atoms with Gasteiger partial charge >= 0.3 is 0 Å². The van der Waals surface area contributed by atoms with Gasteiger partial charge in [-0.2, -0.15) is 0 Å². The zero-order chi connectivity index (χ0) is 15.0. The van der Waals surface area contributed by atoms with Crippen molar-refractivity contribution in [2.75, 3.05) is 6.61 Å². The van der Waals surface area contributed by atoms with E-state index >= 15 is 0 Å². The van der Waals surface area contributed by atoms with Crippen molar-refractivity contribution in [3.63, 3.8) is 0 Å². The minimum Gasteiger partial charge on any atom is -0.508 e. The van der Waals surface area contributed by atoms with Crippen LogP contribution in [-0.2, 0) is 9.84 Å². The van der Waals surface area contributed by atoms with Crippen LogP contribution in [0.15, 0.2) is 52.3 Å². The monoisotopic (exact) mass is 304 g/mol. The van der Waals surface area contributed by atoms with Crippen LogP contribution in [0.1, 0.15) is 5.56 Å². The Morgan fingerprint density at radius 2 is 1.62 bits per heavy atom. The number of sulfone groups is 1. The van der Waals surface area contributed by atoms with E-state index < -0.39 is 9.84 Å². The lowest BCUT2D eigenvalue weighted by Gasteiger charge is -2.07. The Morgan fingerprint density at radius 3 is 2.33 bits per heavy atom. The lowest BCUT2D eigenvalue weighted by molar-refractivity contribution is 0.358. The maximum atomic E-state index is 12.3. The summed E-state index contributed by atoms with van der Waals surface area (Å²) in [5.41, 5.74) is 0.539. The Balaban J connectivity index is 1.83. The number of hydrogen-bond donors (Lipinski definition) is 2. The first-order valence-corrected chi connectivity index (χ1v) is 7.66. The summed E-state index contributed by atoms with van der Waals surface area (Å²) in [6, 6.07) is 10.2. The topological polar surface area (TPSA) is 83.8 Å². The van der Waals surface area contributed by atoms with Gasteiger partial charge < -0.3 is 14.9 Å². The van der Waals surface area contributed by atoms with Crippen molar-refractivity contribution in [1.29, 1.82) is 0 Å². The summed E-state index contributed by atoms with van der Waals surface area (Å²) in [5.74, 6) is 0.479. The van der Waals surface area contributed by atoms with E-state index in [9.17, 15) is 18.6 Å². The molecular weight excluding hydrogens is 292 g/mol. The van der Waals surface area contributed by atoms with E-state index in [1.54, 1.807) is 18.2 Å². The molecular formula is C15H12O5S. The van der Waals surface area contributed by atoms with Crippen LogP contribution >= 0.6 is 0 Å². The van der Waals surface area contributed by atoms with Gasteiger partial charge in [-0.05, 0) is 54.1 Å². The molecule has 0 aliphatic carbocycles. The maximum absolute atomic E-state index is 12.3. The Bertz CT molecular complexity index is 820. The second-order valence-electron chi connectivity index (χ2n) is 4.62. The molecule has 0 bridgehead atoms. The molecule has 1 aliphatic heterocycles. The molecule has 6 heteroatoms. The molecule has 21 heavy (non-hydrogen) atoms. The molecule has 0 aromatic heterocycles. The van der Waals surface area contributed by atoms with Crippen molar-refractivity contribution < 1.29 is 23.4 Å². The fourth-order valence-electron chi connectivity index (χ4n) is 2.08. The normalized spacial score (nSPS) is 15.3. The number of hydrogen-bond acceptors (Lipinski definition) is 5. The van der Waals surface area contributed by atoms with Crippen LogP contribution in [0.3, 0.4) is 0 Å². The van der Waals surface area contributed by atoms with Gasteiger partial charge in [-0.3, -0.25) is 0 Å². The van der Waals surface area contributed by atoms with Gasteiger partial charge in [0.1, 0.15) is 23.9 Å². The van der Waals surface area contributed by atoms with E-state index in [1.807, 2.05) is 0 Å². The molecule has 1 aliphatic rings. The number of rotatable bonds is 3. The molecule has 0 atom stereocenters. The quantitative estimate of drug-likeness (QED) is 0.909. The van der Waals surface area contributed by atoms with Crippen LogP contribution in [0.2, 0.25) is 0 Å². The number of fused-ring (bicyclic) bond motifs is 1. The van der Waals surface area contributed by atoms with Crippen LogP contribution in [0.5, 0.6) is 17.2 Å². The molecule has 0 saturated carbocycles. The van der Waals surface area contributed by atoms with Gasteiger partial charge in [-0.25, -0.2) is 8.42 Å². The molecule has 0 saturated heterocycles. The van der Waals surface area contributed by atoms with Gasteiger partial charge in [-0.15, -0.1) is 0 Å². The molecule has 3 rings (SSSR count). The van der Waals surface area contributed by atoms with Crippen LogP contribution in [0.4, 0.5) is 0 Å². The van der Waals surface area contributed by atoms with Crippen LogP contribution in [0, 0.1) is 0 Å². The molecule has 1 heterocycles. The zero-order valence-corrected chi connectivity index (χ0v) is 11.7. The average Bonchev–Trinajstić information content (AvgIpc) is 2.70. The summed E-state index contributed by atoms with van der Waals surface area (Å²) in [7, 11) is -3.62. The highest BCUT2D eigenvalue weighted by atomic mass is 32.2. The minimum absolute atomic E-state index is 0.0896. The molecule has 0 amide bonds. The molecule has 2 N–H and O–H groups in total. The van der Waals surface area contributed by atoms with Crippen LogP contribution in [0.25, 0.3) is 6.08 Å². The molecule has 0 radical (unpaired) electrons. The maximum Gasteiger partial charge on any atom is 0.206 e. The summed E-state index contributed by atoms with van der Waals surface area (Å²) in [5, 5.41) is 18.6. The first-order chi connectivity index (χ1) is 9.96. The molecule has 0 unspecified atom stereocenters. The summed E-state index contributed by atoms with van der Waals surface area (Å²) in [6.45, 7) is -0.109. The highest BCUT2D eigenvalue weighted by Gasteiger charge is 2.30. The summed E-state index contributed by atoms with van der Waals surface area (Å²) < 4.78 is 30.0. The van der Waals surface area contributed by atoms with Crippen molar-refractivity contribution >= 4 is 15.9 Å². The SMILES string of the molecule is O=S1(=O)C(COc2ccc(O)cc2)=Cc2ccc(O)cc21. The predicted octanol–water partition coefficient (Wildman–Crippen LogP) is 2.30. The van der Waals surface area contributed by atoms with E-state index in [0.717, 1.165) is 0 Å². The van der Waals surface area contributed by atoms with Crippen LogP contribution in [-0.4, -0.2) is 25.2 Å². The van der Waals surface area contributed by atoms with Crippen LogP contribution < -0.4 is 4.74 Å². The van der Waals surface area contributed by atoms with Gasteiger partial charge in [0.25, 0.3) is 0 Å². The van der Waals surface area contributed by atoms with Gasteiger partial charge in [0.15, 0.2) is 0 Å². The third-order valence-corrected chi connectivity index (χ3v) is 5.02. The van der Waals surface area contributed by atoms with E-state index in [0.29, 0.717) is 11.3 Å². The van der Waals surface area contributed by atoms with Crippen molar-refractivity contribution in [2.45, 2.75) is 4.90 Å². The second kappa shape index (κ2) is 4.82. The molecule has 0 fully saturated rings. The fraction of sp³-hybridized carbons (Fsp3) is 0.0667. The Morgan fingerprint density at radius 1 is 0.952 bits per heavy atom. The molecule has 2 aromatic carbocycles. The summed E-state index contributed by atoms with van der Waals surface area (Å²) >= 11 is 0. The summed E-state index contributed by atoms with van der Waals surface area (Å²) in [4.78, 5) is 0.225. The van der Waals surface area contributed by atoms with Gasteiger partial charge in [0.2, 0.25) is 9.84 Å². The number of benzene rings is 2. The van der Waals surface area contributed by atoms with Crippen molar-refractivity contribution in [2.24, 2.45) is 0 Å². The van der Waals surface area contributed by atoms with Crippen molar-refractivity contribution in [1.82, 2.24) is 0 Å². The van der Waals surface area contributed by atoms with Gasteiger partial charge in [0, 0.05) is 0 Å². The Labute approximate surface area is 121 Å². The fourth-order valence-corrected chi connectivity index (χ4v) is 3.58. The molecule has 5 nitrogen and oxygen atoms in total. The third-order valence-electron chi connectivity index (χ3n) is 3.17. The van der Waals surface area contributed by atoms with Crippen molar-refractivity contribution in [3.05, 3.63) is 52.9 Å². The molecule has 0 spiro atoms. The second-order valence-corrected chi connectivity index (χ2v) is 6.59. The van der Waals surface area contributed by atoms with E-state index in [1.165, 1.54) is 30.3 Å². The number of phenols is 2. The number of ether oxygens (including phenoxy) is 1. The lowest BCUT2D eigenvalue weighted by atomic mass is 10.2. The van der Waals surface area contributed by atoms with E-state index in [-0.39, 0.29) is 27.9 Å². The largest absolute Gasteiger partial charge is 0.508 e. The number of aromatic hydroxyl groups is 2. The van der Waals surface area contributed by atoms with Gasteiger partial charge in [0.05, 0.1) is 9.80 Å². The average molecular weight is 304 g/mol.